The van der Waals surface area contributed by atoms with E-state index in [-0.39, 0.29) is 0 Å². The zero-order valence-corrected chi connectivity index (χ0v) is 17.2. The molecule has 0 atom stereocenters. The van der Waals surface area contributed by atoms with Crippen LogP contribution in [0.2, 0.25) is 24.2 Å². The van der Waals surface area contributed by atoms with Crippen LogP contribution in [0.1, 0.15) is 104 Å². The summed E-state index contributed by atoms with van der Waals surface area (Å²) in [6.45, 7) is 11.2. The minimum Gasteiger partial charge on any atom is -0.0678 e. The molecule has 1 heteroatoms. The monoisotopic (exact) mass is 325 g/mol. The van der Waals surface area contributed by atoms with Crippen LogP contribution in [-0.4, -0.2) is 8.07 Å². The van der Waals surface area contributed by atoms with Gasteiger partial charge in [-0.25, -0.2) is 0 Å². The van der Waals surface area contributed by atoms with Crippen molar-refractivity contribution < 1.29 is 0 Å². The second-order valence-corrected chi connectivity index (χ2v) is 13.0. The van der Waals surface area contributed by atoms with Gasteiger partial charge in [0.25, 0.3) is 0 Å². The first-order valence-electron chi connectivity index (χ1n) is 10.5. The van der Waals surface area contributed by atoms with Gasteiger partial charge < -0.3 is 0 Å². The standard InChI is InChI=1S/C21H45Si/c1-5-9-10-11-12-13-14-15-16-17-18-19-20-21-22(6-2,7-3)8-4/h1,5-21H2,2-4H3. The molecule has 0 heterocycles. The van der Waals surface area contributed by atoms with Crippen molar-refractivity contribution in [3.8, 4) is 0 Å². The zero-order chi connectivity index (χ0) is 16.5. The normalized spacial score (nSPS) is 12.0. The Morgan fingerprint density at radius 1 is 0.500 bits per heavy atom. The summed E-state index contributed by atoms with van der Waals surface area (Å²) in [6.07, 6.45) is 18.7. The van der Waals surface area contributed by atoms with Crippen molar-refractivity contribution in [2.75, 3.05) is 0 Å². The molecule has 0 N–H and O–H groups in total. The molecule has 133 valence electrons. The lowest BCUT2D eigenvalue weighted by Crippen LogP contribution is -2.30. The summed E-state index contributed by atoms with van der Waals surface area (Å²) in [6, 6.07) is 6.13. The Morgan fingerprint density at radius 2 is 0.818 bits per heavy atom. The summed E-state index contributed by atoms with van der Waals surface area (Å²) in [4.78, 5) is 0. The number of rotatable bonds is 17. The first kappa shape index (κ1) is 22.2. The molecule has 22 heavy (non-hydrogen) atoms. The van der Waals surface area contributed by atoms with Crippen LogP contribution in [0, 0.1) is 6.92 Å². The van der Waals surface area contributed by atoms with E-state index in [1.165, 1.54) is 95.2 Å². The van der Waals surface area contributed by atoms with Crippen molar-refractivity contribution in [1.29, 1.82) is 0 Å². The van der Waals surface area contributed by atoms with Crippen LogP contribution in [0.15, 0.2) is 0 Å². The summed E-state index contributed by atoms with van der Waals surface area (Å²) in [5, 5.41) is 0. The number of hydrogen-bond acceptors (Lipinski definition) is 0. The molecule has 0 aliphatic carbocycles. The molecule has 0 nitrogen and oxygen atoms in total. The first-order valence-corrected chi connectivity index (χ1v) is 13.4. The maximum Gasteiger partial charge on any atom is 0.0527 e. The fourth-order valence-corrected chi connectivity index (χ4v) is 7.29. The molecule has 0 fully saturated rings. The Morgan fingerprint density at radius 3 is 1.14 bits per heavy atom. The van der Waals surface area contributed by atoms with Gasteiger partial charge in [-0.15, -0.1) is 0 Å². The van der Waals surface area contributed by atoms with Crippen LogP contribution in [0.4, 0.5) is 0 Å². The Hall–Kier alpha value is 0.217. The van der Waals surface area contributed by atoms with E-state index < -0.39 is 8.07 Å². The zero-order valence-electron chi connectivity index (χ0n) is 16.2. The van der Waals surface area contributed by atoms with Gasteiger partial charge in [-0.05, 0) is 0 Å². The lowest BCUT2D eigenvalue weighted by Gasteiger charge is -2.28. The van der Waals surface area contributed by atoms with Crippen LogP contribution in [-0.2, 0) is 0 Å². The molecule has 0 aliphatic rings. The van der Waals surface area contributed by atoms with E-state index in [2.05, 4.69) is 27.7 Å². The summed E-state index contributed by atoms with van der Waals surface area (Å²) >= 11 is 0. The smallest absolute Gasteiger partial charge is 0.0527 e. The largest absolute Gasteiger partial charge is 0.0678 e. The molecule has 0 rings (SSSR count). The highest BCUT2D eigenvalue weighted by Gasteiger charge is 2.25. The van der Waals surface area contributed by atoms with Crippen LogP contribution >= 0.6 is 0 Å². The van der Waals surface area contributed by atoms with Gasteiger partial charge in [0.2, 0.25) is 0 Å². The molecule has 0 spiro atoms. The second kappa shape index (κ2) is 16.1. The number of hydrogen-bond donors (Lipinski definition) is 0. The van der Waals surface area contributed by atoms with Crippen LogP contribution in [0.5, 0.6) is 0 Å². The van der Waals surface area contributed by atoms with E-state index in [0.29, 0.717) is 0 Å². The molecule has 0 saturated heterocycles. The van der Waals surface area contributed by atoms with Crippen molar-refractivity contribution in [3.05, 3.63) is 6.92 Å². The molecule has 1 radical (unpaired) electrons. The third-order valence-corrected chi connectivity index (χ3v) is 11.9. The van der Waals surface area contributed by atoms with E-state index in [1.807, 2.05) is 0 Å². The van der Waals surface area contributed by atoms with Gasteiger partial charge in [-0.3, -0.25) is 0 Å². The molecule has 0 amide bonds. The first-order chi connectivity index (χ1) is 10.7. The van der Waals surface area contributed by atoms with Crippen LogP contribution in [0.25, 0.3) is 0 Å². The summed E-state index contributed by atoms with van der Waals surface area (Å²) in [5.41, 5.74) is 0. The molecule has 0 aliphatic heterocycles. The van der Waals surface area contributed by atoms with Gasteiger partial charge in [0, 0.05) is 0 Å². The highest BCUT2D eigenvalue weighted by molar-refractivity contribution is 6.79. The van der Waals surface area contributed by atoms with Crippen LogP contribution < -0.4 is 0 Å². The maximum atomic E-state index is 3.90. The highest BCUT2D eigenvalue weighted by Crippen LogP contribution is 2.27. The van der Waals surface area contributed by atoms with Crippen molar-refractivity contribution >= 4 is 8.07 Å². The van der Waals surface area contributed by atoms with Crippen molar-refractivity contribution in [1.82, 2.24) is 0 Å². The summed E-state index contributed by atoms with van der Waals surface area (Å²) in [7, 11) is -0.821. The minimum absolute atomic E-state index is 0.821. The molecule has 0 aromatic carbocycles. The fraction of sp³-hybridized carbons (Fsp3) is 0.952. The van der Waals surface area contributed by atoms with Gasteiger partial charge in [-0.1, -0.05) is 135 Å². The van der Waals surface area contributed by atoms with Crippen molar-refractivity contribution in [3.63, 3.8) is 0 Å². The quantitative estimate of drug-likeness (QED) is 0.186. The third-order valence-electron chi connectivity index (χ3n) is 5.96. The summed E-state index contributed by atoms with van der Waals surface area (Å²) < 4.78 is 0. The Bertz CT molecular complexity index is 200. The lowest BCUT2D eigenvalue weighted by molar-refractivity contribution is 0.544. The molecule has 0 unspecified atom stereocenters. The Balaban J connectivity index is 3.27. The molecular formula is C21H45Si. The molecule has 0 saturated carbocycles. The minimum atomic E-state index is -0.821. The van der Waals surface area contributed by atoms with Gasteiger partial charge in [0.15, 0.2) is 0 Å². The molecule has 0 aromatic heterocycles. The van der Waals surface area contributed by atoms with Gasteiger partial charge in [0.1, 0.15) is 0 Å². The highest BCUT2D eigenvalue weighted by atomic mass is 28.3. The van der Waals surface area contributed by atoms with Gasteiger partial charge in [-0.2, -0.15) is 0 Å². The maximum absolute atomic E-state index is 3.90. The van der Waals surface area contributed by atoms with Crippen molar-refractivity contribution in [2.24, 2.45) is 0 Å². The number of unbranched alkanes of at least 4 members (excludes halogenated alkanes) is 12. The van der Waals surface area contributed by atoms with Gasteiger partial charge >= 0.3 is 0 Å². The predicted molar refractivity (Wildman–Crippen MR) is 107 cm³/mol. The second-order valence-electron chi connectivity index (χ2n) is 7.41. The predicted octanol–water partition coefficient (Wildman–Crippen LogP) is 8.40. The SMILES string of the molecule is [CH2]CCCCCCCCCCCCCC[Si](CC)(CC)CC. The van der Waals surface area contributed by atoms with E-state index in [9.17, 15) is 0 Å². The van der Waals surface area contributed by atoms with Crippen LogP contribution in [0.3, 0.4) is 0 Å². The third kappa shape index (κ3) is 11.7. The lowest BCUT2D eigenvalue weighted by atomic mass is 10.1. The molecule has 0 bridgehead atoms. The summed E-state index contributed by atoms with van der Waals surface area (Å²) in [5.74, 6) is 0. The average Bonchev–Trinajstić information content (AvgIpc) is 2.56. The van der Waals surface area contributed by atoms with Gasteiger partial charge in [0.05, 0.1) is 8.07 Å². The van der Waals surface area contributed by atoms with E-state index in [4.69, 9.17) is 0 Å². The van der Waals surface area contributed by atoms with Crippen molar-refractivity contribution in [2.45, 2.75) is 128 Å². The Kier molecular flexibility index (Phi) is 16.2. The fourth-order valence-electron chi connectivity index (χ4n) is 3.72. The van der Waals surface area contributed by atoms with E-state index >= 15 is 0 Å². The molecule has 0 aromatic rings. The Labute approximate surface area is 143 Å². The topological polar surface area (TPSA) is 0 Å². The average molecular weight is 326 g/mol. The van der Waals surface area contributed by atoms with E-state index in [1.54, 1.807) is 6.04 Å². The molecular weight excluding hydrogens is 280 g/mol. The van der Waals surface area contributed by atoms with E-state index in [0.717, 1.165) is 6.42 Å².